The molecule has 18 heteroatoms. The van der Waals surface area contributed by atoms with Crippen molar-refractivity contribution in [1.82, 2.24) is 26.2 Å². The zero-order valence-corrected chi connectivity index (χ0v) is 26.9. The molecule has 0 fully saturated rings. The quantitative estimate of drug-likeness (QED) is 0.0296. The largest absolute Gasteiger partial charge is 0.481 e. The Hall–Kier alpha value is -4.55. The summed E-state index contributed by atoms with van der Waals surface area (Å²) in [6, 6.07) is 3.79. The standard InChI is InChI=1S/C29H44N6O11S/c1-2-21(35(17-46-18-36)14-4-12-30-16-25(39)40)15-19-6-8-20(9-7-19)32-29(47)31-13-3-5-22(26(41)42)33-28(45)34-23(27(43)44)10-11-24(37)38/h6-9,18,21-23,30H,2-5,10-17H2,1H3,(H,37,38)(H,39,40)(H,41,42)(H,43,44)(H2,31,32,47)(H2,33,34,45). The highest BCUT2D eigenvalue weighted by Crippen LogP contribution is 2.16. The van der Waals surface area contributed by atoms with Crippen molar-refractivity contribution >= 4 is 59.4 Å². The van der Waals surface area contributed by atoms with E-state index in [1.165, 1.54) is 0 Å². The van der Waals surface area contributed by atoms with Gasteiger partial charge in [-0.3, -0.25) is 19.3 Å². The van der Waals surface area contributed by atoms with E-state index in [4.69, 9.17) is 32.3 Å². The third-order valence-corrected chi connectivity index (χ3v) is 7.11. The summed E-state index contributed by atoms with van der Waals surface area (Å²) in [5.41, 5.74) is 1.75. The number of hydrogen-bond donors (Lipinski definition) is 9. The predicted octanol–water partition coefficient (Wildman–Crippen LogP) is 0.642. The monoisotopic (exact) mass is 684 g/mol. The summed E-state index contributed by atoms with van der Waals surface area (Å²) in [7, 11) is 0. The lowest BCUT2D eigenvalue weighted by molar-refractivity contribution is -0.141. The van der Waals surface area contributed by atoms with Crippen molar-refractivity contribution in [2.24, 2.45) is 0 Å². The number of benzene rings is 1. The number of nitrogens with one attached hydrogen (secondary N) is 5. The maximum Gasteiger partial charge on any atom is 0.326 e. The maximum atomic E-state index is 12.1. The highest BCUT2D eigenvalue weighted by atomic mass is 32.1. The van der Waals surface area contributed by atoms with Gasteiger partial charge in [0.1, 0.15) is 18.8 Å². The van der Waals surface area contributed by atoms with Gasteiger partial charge in [0.25, 0.3) is 6.47 Å². The van der Waals surface area contributed by atoms with Crippen LogP contribution in [0.2, 0.25) is 0 Å². The third-order valence-electron chi connectivity index (χ3n) is 6.86. The van der Waals surface area contributed by atoms with Crippen molar-refractivity contribution in [1.29, 1.82) is 0 Å². The lowest BCUT2D eigenvalue weighted by Crippen LogP contribution is -2.51. The first kappa shape index (κ1) is 40.5. The number of rotatable bonds is 25. The molecule has 0 aliphatic heterocycles. The number of aliphatic carboxylic acids is 4. The summed E-state index contributed by atoms with van der Waals surface area (Å²) in [5, 5.41) is 49.5. The van der Waals surface area contributed by atoms with E-state index in [-0.39, 0.29) is 50.2 Å². The molecule has 0 heterocycles. The number of carbonyl (C=O) groups is 6. The van der Waals surface area contributed by atoms with Crippen LogP contribution in [0.3, 0.4) is 0 Å². The second-order valence-electron chi connectivity index (χ2n) is 10.4. The minimum Gasteiger partial charge on any atom is -0.481 e. The van der Waals surface area contributed by atoms with Crippen LogP contribution in [-0.2, 0) is 35.1 Å². The number of carbonyl (C=O) groups excluding carboxylic acids is 2. The number of nitrogens with zero attached hydrogens (tertiary/aromatic N) is 1. The topological polar surface area (TPSA) is 256 Å². The van der Waals surface area contributed by atoms with Gasteiger partial charge in [-0.05, 0) is 75.0 Å². The zero-order valence-electron chi connectivity index (χ0n) is 26.1. The van der Waals surface area contributed by atoms with Crippen molar-refractivity contribution < 1.29 is 53.9 Å². The summed E-state index contributed by atoms with van der Waals surface area (Å²) in [6.45, 7) is 3.82. The number of ether oxygens (including phenoxy) is 1. The molecule has 0 saturated carbocycles. The van der Waals surface area contributed by atoms with Crippen molar-refractivity contribution in [3.8, 4) is 0 Å². The summed E-state index contributed by atoms with van der Waals surface area (Å²) >= 11 is 5.32. The van der Waals surface area contributed by atoms with Crippen LogP contribution in [0.5, 0.6) is 0 Å². The second kappa shape index (κ2) is 22.9. The Morgan fingerprint density at radius 3 is 2.11 bits per heavy atom. The van der Waals surface area contributed by atoms with Gasteiger partial charge in [0, 0.05) is 31.2 Å². The van der Waals surface area contributed by atoms with Crippen molar-refractivity contribution in [3.05, 3.63) is 29.8 Å². The number of urea groups is 1. The zero-order chi connectivity index (χ0) is 35.2. The number of hydrogen-bond acceptors (Lipinski definition) is 10. The smallest absolute Gasteiger partial charge is 0.326 e. The van der Waals surface area contributed by atoms with Crippen molar-refractivity contribution in [3.63, 3.8) is 0 Å². The third kappa shape index (κ3) is 18.3. The van der Waals surface area contributed by atoms with Crippen LogP contribution in [0.25, 0.3) is 0 Å². The number of carboxylic acids is 4. The first-order valence-corrected chi connectivity index (χ1v) is 15.4. The first-order chi connectivity index (χ1) is 22.4. The van der Waals surface area contributed by atoms with E-state index >= 15 is 0 Å². The molecule has 0 aliphatic carbocycles. The van der Waals surface area contributed by atoms with E-state index in [9.17, 15) is 33.9 Å². The van der Waals surface area contributed by atoms with Crippen molar-refractivity contribution in [2.45, 2.75) is 70.0 Å². The van der Waals surface area contributed by atoms with Gasteiger partial charge in [-0.15, -0.1) is 0 Å². The fourth-order valence-electron chi connectivity index (χ4n) is 4.43. The number of anilines is 1. The van der Waals surface area contributed by atoms with Gasteiger partial charge >= 0.3 is 29.9 Å². The summed E-state index contributed by atoms with van der Waals surface area (Å²) in [4.78, 5) is 69.2. The van der Waals surface area contributed by atoms with E-state index in [1.54, 1.807) is 0 Å². The minimum absolute atomic E-state index is 0.00623. The van der Waals surface area contributed by atoms with Crippen LogP contribution in [0.4, 0.5) is 10.5 Å². The molecule has 1 rings (SSSR count). The van der Waals surface area contributed by atoms with Crippen LogP contribution >= 0.6 is 12.2 Å². The van der Waals surface area contributed by atoms with E-state index in [2.05, 4.69) is 26.6 Å². The molecule has 262 valence electrons. The lowest BCUT2D eigenvalue weighted by atomic mass is 10.0. The Bertz CT molecular complexity index is 1190. The summed E-state index contributed by atoms with van der Waals surface area (Å²) in [6.07, 6.45) is 1.59. The Morgan fingerprint density at radius 2 is 1.55 bits per heavy atom. The van der Waals surface area contributed by atoms with Crippen LogP contribution in [0, 0.1) is 0 Å². The summed E-state index contributed by atoms with van der Waals surface area (Å²) < 4.78 is 5.01. The molecular weight excluding hydrogens is 640 g/mol. The highest BCUT2D eigenvalue weighted by molar-refractivity contribution is 7.80. The second-order valence-corrected chi connectivity index (χ2v) is 10.9. The van der Waals surface area contributed by atoms with E-state index in [0.717, 1.165) is 12.0 Å². The Kier molecular flexibility index (Phi) is 19.7. The molecule has 1 aromatic carbocycles. The molecule has 0 saturated heterocycles. The molecule has 0 spiro atoms. The number of amides is 2. The fourth-order valence-corrected chi connectivity index (χ4v) is 4.65. The Morgan fingerprint density at radius 1 is 0.915 bits per heavy atom. The van der Waals surface area contributed by atoms with Gasteiger partial charge in [-0.25, -0.2) is 14.4 Å². The molecule has 9 N–H and O–H groups in total. The lowest BCUT2D eigenvalue weighted by Gasteiger charge is -2.30. The average Bonchev–Trinajstić information content (AvgIpc) is 3.01. The molecule has 17 nitrogen and oxygen atoms in total. The summed E-state index contributed by atoms with van der Waals surface area (Å²) in [5.74, 6) is -4.93. The first-order valence-electron chi connectivity index (χ1n) is 15.0. The molecule has 2 amide bonds. The molecule has 3 atom stereocenters. The average molecular weight is 685 g/mol. The van der Waals surface area contributed by atoms with Crippen molar-refractivity contribution in [2.75, 3.05) is 38.2 Å². The van der Waals surface area contributed by atoms with Gasteiger partial charge < -0.3 is 51.7 Å². The molecular formula is C29H44N6O11S. The van der Waals surface area contributed by atoms with Crippen LogP contribution in [-0.4, -0.2) is 118 Å². The highest BCUT2D eigenvalue weighted by Gasteiger charge is 2.25. The normalized spacial score (nSPS) is 12.6. The maximum absolute atomic E-state index is 12.1. The molecule has 0 aromatic heterocycles. The van der Waals surface area contributed by atoms with Gasteiger partial charge in [-0.2, -0.15) is 0 Å². The number of thiocarbonyl (C=S) groups is 1. The molecule has 0 radical (unpaired) electrons. The minimum atomic E-state index is -1.49. The van der Waals surface area contributed by atoms with E-state index in [0.29, 0.717) is 38.1 Å². The molecule has 1 aromatic rings. The molecule has 47 heavy (non-hydrogen) atoms. The van der Waals surface area contributed by atoms with Gasteiger partial charge in [0.15, 0.2) is 5.11 Å². The van der Waals surface area contributed by atoms with Gasteiger partial charge in [0.2, 0.25) is 0 Å². The van der Waals surface area contributed by atoms with E-state index in [1.807, 2.05) is 36.1 Å². The molecule has 3 unspecified atom stereocenters. The predicted molar refractivity (Wildman–Crippen MR) is 173 cm³/mol. The number of carboxylic acid groups (broad SMARTS) is 4. The Balaban J connectivity index is 2.55. The van der Waals surface area contributed by atoms with Gasteiger partial charge in [0.05, 0.1) is 6.54 Å². The molecule has 0 bridgehead atoms. The van der Waals surface area contributed by atoms with E-state index < -0.39 is 48.4 Å². The van der Waals surface area contributed by atoms with Crippen LogP contribution in [0.1, 0.15) is 51.0 Å². The van der Waals surface area contributed by atoms with Crippen LogP contribution in [0.15, 0.2) is 24.3 Å². The SMILES string of the molecule is CCC(Cc1ccc(NC(=S)NCCCC(NC(=O)NC(CCC(=O)O)C(=O)O)C(=O)O)cc1)N(CCCNCC(=O)O)COC=O. The fraction of sp³-hybridized carbons (Fsp3) is 0.552. The molecule has 0 aliphatic rings. The Labute approximate surface area is 277 Å². The van der Waals surface area contributed by atoms with Crippen LogP contribution < -0.4 is 26.6 Å². The van der Waals surface area contributed by atoms with Gasteiger partial charge in [-0.1, -0.05) is 19.1 Å².